The fraction of sp³-hybridized carbons (Fsp3) is 0.391. The van der Waals surface area contributed by atoms with Crippen molar-refractivity contribution in [2.45, 2.75) is 45.6 Å². The molecule has 7 nitrogen and oxygen atoms in total. The number of hydrogen-bond donors (Lipinski definition) is 2. The van der Waals surface area contributed by atoms with Crippen molar-refractivity contribution in [1.82, 2.24) is 24.8 Å². The first-order valence-electron chi connectivity index (χ1n) is 10.6. The molecule has 0 saturated carbocycles. The van der Waals surface area contributed by atoms with Crippen LogP contribution in [-0.4, -0.2) is 44.0 Å². The summed E-state index contributed by atoms with van der Waals surface area (Å²) in [5.74, 6) is -0.168. The molecule has 0 atom stereocenters. The Hall–Kier alpha value is -3.13. The van der Waals surface area contributed by atoms with E-state index < -0.39 is 5.82 Å². The van der Waals surface area contributed by atoms with E-state index in [4.69, 9.17) is 11.5 Å². The van der Waals surface area contributed by atoms with E-state index in [1.54, 1.807) is 12.1 Å². The van der Waals surface area contributed by atoms with E-state index in [1.807, 2.05) is 19.1 Å². The van der Waals surface area contributed by atoms with Gasteiger partial charge in [-0.2, -0.15) is 0 Å². The van der Waals surface area contributed by atoms with E-state index in [0.717, 1.165) is 37.2 Å². The van der Waals surface area contributed by atoms with Gasteiger partial charge in [0.2, 0.25) is 5.95 Å². The summed E-state index contributed by atoms with van der Waals surface area (Å²) >= 11 is 0. The van der Waals surface area contributed by atoms with E-state index >= 15 is 0 Å². The van der Waals surface area contributed by atoms with Crippen LogP contribution in [0.25, 0.3) is 22.6 Å². The van der Waals surface area contributed by atoms with Gasteiger partial charge in [0, 0.05) is 23.7 Å². The topological polar surface area (TPSA) is 107 Å². The summed E-state index contributed by atoms with van der Waals surface area (Å²) in [6.45, 7) is 8.54. The molecule has 0 unspecified atom stereocenters. The van der Waals surface area contributed by atoms with Gasteiger partial charge in [-0.25, -0.2) is 24.3 Å². The van der Waals surface area contributed by atoms with Gasteiger partial charge in [-0.05, 0) is 70.5 Å². The van der Waals surface area contributed by atoms with E-state index in [0.29, 0.717) is 34.6 Å². The number of pyridine rings is 2. The van der Waals surface area contributed by atoms with Crippen molar-refractivity contribution in [2.24, 2.45) is 0 Å². The lowest BCUT2D eigenvalue weighted by Crippen LogP contribution is -2.38. The molecule has 3 aromatic heterocycles. The van der Waals surface area contributed by atoms with Gasteiger partial charge in [-0.15, -0.1) is 0 Å². The van der Waals surface area contributed by atoms with Crippen molar-refractivity contribution in [2.75, 3.05) is 24.6 Å². The van der Waals surface area contributed by atoms with E-state index in [2.05, 4.69) is 38.7 Å². The third-order valence-electron chi connectivity index (χ3n) is 6.03. The number of aromatic nitrogens is 4. The van der Waals surface area contributed by atoms with Crippen molar-refractivity contribution in [1.29, 1.82) is 0 Å². The number of nitrogens with two attached hydrogens (primary N) is 2. The number of likely N-dealkylation sites (tertiary alicyclic amines) is 1. The van der Waals surface area contributed by atoms with Crippen LogP contribution in [0.2, 0.25) is 0 Å². The second-order valence-electron chi connectivity index (χ2n) is 8.31. The maximum Gasteiger partial charge on any atom is 0.220 e. The molecule has 8 heteroatoms. The summed E-state index contributed by atoms with van der Waals surface area (Å²) in [5, 5.41) is 0. The average molecular weight is 422 g/mol. The summed E-state index contributed by atoms with van der Waals surface area (Å²) in [7, 11) is 0. The molecular weight excluding hydrogens is 393 g/mol. The minimum Gasteiger partial charge on any atom is -0.381 e. The fourth-order valence-corrected chi connectivity index (χ4v) is 4.26. The van der Waals surface area contributed by atoms with Crippen molar-refractivity contribution < 1.29 is 4.39 Å². The van der Waals surface area contributed by atoms with Crippen LogP contribution in [0, 0.1) is 12.7 Å². The van der Waals surface area contributed by atoms with Gasteiger partial charge in [0.25, 0.3) is 0 Å². The van der Waals surface area contributed by atoms with Gasteiger partial charge in [0.15, 0.2) is 11.6 Å². The molecule has 4 heterocycles. The molecule has 1 aliphatic heterocycles. The van der Waals surface area contributed by atoms with E-state index in [-0.39, 0.29) is 11.8 Å². The summed E-state index contributed by atoms with van der Waals surface area (Å²) in [4.78, 5) is 20.0. The fourth-order valence-electron chi connectivity index (χ4n) is 4.26. The van der Waals surface area contributed by atoms with Crippen LogP contribution in [0.4, 0.5) is 16.2 Å². The molecule has 0 aromatic carbocycles. The lowest BCUT2D eigenvalue weighted by Gasteiger charge is -2.34. The van der Waals surface area contributed by atoms with Gasteiger partial charge >= 0.3 is 0 Å². The minimum atomic E-state index is -0.580. The molecule has 4 rings (SSSR count). The number of nitrogen functional groups attached to an aromatic ring is 2. The number of anilines is 2. The van der Waals surface area contributed by atoms with Crippen LogP contribution in [0.3, 0.4) is 0 Å². The Kier molecular flexibility index (Phi) is 5.82. The van der Waals surface area contributed by atoms with Crippen LogP contribution >= 0.6 is 0 Å². The first-order chi connectivity index (χ1) is 14.8. The van der Waals surface area contributed by atoms with Crippen LogP contribution in [0.5, 0.6) is 0 Å². The predicted octanol–water partition coefficient (Wildman–Crippen LogP) is 3.80. The number of rotatable bonds is 4. The first kappa shape index (κ1) is 21.1. The molecule has 0 radical (unpaired) electrons. The molecule has 0 aliphatic carbocycles. The van der Waals surface area contributed by atoms with Crippen LogP contribution < -0.4 is 11.5 Å². The molecular formula is C23H28FN7. The number of hydrogen-bond acceptors (Lipinski definition) is 7. The number of nitrogens with zero attached hydrogens (tertiary/aromatic N) is 5. The van der Waals surface area contributed by atoms with E-state index in [1.165, 1.54) is 6.20 Å². The zero-order valence-corrected chi connectivity index (χ0v) is 18.1. The molecule has 0 spiro atoms. The van der Waals surface area contributed by atoms with Gasteiger partial charge in [0.05, 0.1) is 22.8 Å². The van der Waals surface area contributed by atoms with Crippen LogP contribution in [-0.2, 0) is 0 Å². The summed E-state index contributed by atoms with van der Waals surface area (Å²) in [6.07, 6.45) is 3.53. The highest BCUT2D eigenvalue weighted by Gasteiger charge is 2.26. The highest BCUT2D eigenvalue weighted by Crippen LogP contribution is 2.34. The Bertz CT molecular complexity index is 1090. The highest BCUT2D eigenvalue weighted by atomic mass is 19.1. The standard InChI is InChI=1S/C23H28FN7/c1-13(2)31-11-8-15(9-12-31)20-14(3)21(30-23(26)29-20)18-6-4-5-17(28-18)16-7-10-27-22(25)19(16)24/h4-7,10,13,15H,8-9,11-12H2,1-3H3,(H2,25,27)(H2,26,29,30). The Labute approximate surface area is 181 Å². The molecule has 31 heavy (non-hydrogen) atoms. The van der Waals surface area contributed by atoms with Gasteiger partial charge in [-0.1, -0.05) is 6.07 Å². The first-order valence-corrected chi connectivity index (χ1v) is 10.6. The third kappa shape index (κ3) is 4.20. The molecule has 1 fully saturated rings. The van der Waals surface area contributed by atoms with Gasteiger partial charge < -0.3 is 16.4 Å². The van der Waals surface area contributed by atoms with Gasteiger partial charge in [-0.3, -0.25) is 0 Å². The van der Waals surface area contributed by atoms with Crippen LogP contribution in [0.1, 0.15) is 43.9 Å². The maximum atomic E-state index is 14.5. The zero-order chi connectivity index (χ0) is 22.1. The Balaban J connectivity index is 1.71. The normalized spacial score (nSPS) is 15.5. The van der Waals surface area contributed by atoms with Crippen molar-refractivity contribution in [3.05, 3.63) is 47.5 Å². The molecule has 0 bridgehead atoms. The Morgan fingerprint density at radius 3 is 2.45 bits per heavy atom. The quantitative estimate of drug-likeness (QED) is 0.660. The summed E-state index contributed by atoms with van der Waals surface area (Å²) < 4.78 is 14.5. The van der Waals surface area contributed by atoms with E-state index in [9.17, 15) is 4.39 Å². The average Bonchev–Trinajstić information content (AvgIpc) is 2.77. The molecule has 3 aromatic rings. The minimum absolute atomic E-state index is 0.151. The lowest BCUT2D eigenvalue weighted by atomic mass is 9.89. The molecule has 1 aliphatic rings. The van der Waals surface area contributed by atoms with Crippen molar-refractivity contribution in [3.8, 4) is 22.6 Å². The Morgan fingerprint density at radius 2 is 1.74 bits per heavy atom. The molecule has 1 saturated heterocycles. The van der Waals surface area contributed by atoms with Crippen molar-refractivity contribution >= 4 is 11.8 Å². The third-order valence-corrected chi connectivity index (χ3v) is 6.03. The summed E-state index contributed by atoms with van der Waals surface area (Å²) in [6, 6.07) is 7.53. The lowest BCUT2D eigenvalue weighted by molar-refractivity contribution is 0.170. The maximum absolute atomic E-state index is 14.5. The number of piperidine rings is 1. The second-order valence-corrected chi connectivity index (χ2v) is 8.31. The SMILES string of the molecule is Cc1c(-c2cccc(-c3ccnc(N)c3F)n2)nc(N)nc1C1CCN(C(C)C)CC1. The predicted molar refractivity (Wildman–Crippen MR) is 121 cm³/mol. The highest BCUT2D eigenvalue weighted by molar-refractivity contribution is 5.68. The molecule has 0 amide bonds. The molecule has 162 valence electrons. The second kappa shape index (κ2) is 8.55. The monoisotopic (exact) mass is 421 g/mol. The molecule has 4 N–H and O–H groups in total. The smallest absolute Gasteiger partial charge is 0.220 e. The number of halogens is 1. The summed E-state index contributed by atoms with van der Waals surface area (Å²) in [5.41, 5.74) is 15.7. The Morgan fingerprint density at radius 1 is 1.03 bits per heavy atom. The van der Waals surface area contributed by atoms with Gasteiger partial charge in [0.1, 0.15) is 0 Å². The van der Waals surface area contributed by atoms with Crippen LogP contribution in [0.15, 0.2) is 30.5 Å². The largest absolute Gasteiger partial charge is 0.381 e. The zero-order valence-electron chi connectivity index (χ0n) is 18.1. The van der Waals surface area contributed by atoms with Crippen molar-refractivity contribution in [3.63, 3.8) is 0 Å².